The van der Waals surface area contributed by atoms with Crippen LogP contribution in [0.2, 0.25) is 5.02 Å². The Balaban J connectivity index is 1.59. The molecule has 0 aromatic heterocycles. The molecule has 27 heavy (non-hydrogen) atoms. The van der Waals surface area contributed by atoms with Gasteiger partial charge in [0.25, 0.3) is 5.91 Å². The number of hydrazine groups is 1. The molecule has 0 N–H and O–H groups in total. The van der Waals surface area contributed by atoms with Crippen LogP contribution in [0.15, 0.2) is 48.5 Å². The van der Waals surface area contributed by atoms with E-state index >= 15 is 0 Å². The van der Waals surface area contributed by atoms with E-state index in [0.717, 1.165) is 30.6 Å². The molecule has 0 aliphatic carbocycles. The van der Waals surface area contributed by atoms with Gasteiger partial charge in [0, 0.05) is 18.1 Å². The summed E-state index contributed by atoms with van der Waals surface area (Å²) in [5.74, 6) is -0.663. The fraction of sp³-hybridized carbons (Fsp3) is 0.333. The molecule has 3 unspecified atom stereocenters. The molecule has 3 atom stereocenters. The first-order chi connectivity index (χ1) is 13.1. The molecular formula is C21H20ClN3O2. The van der Waals surface area contributed by atoms with Gasteiger partial charge in [0.05, 0.1) is 17.6 Å². The van der Waals surface area contributed by atoms with Crippen LogP contribution in [0.3, 0.4) is 0 Å². The van der Waals surface area contributed by atoms with Crippen molar-refractivity contribution in [2.24, 2.45) is 5.92 Å². The Morgan fingerprint density at radius 2 is 1.63 bits per heavy atom. The van der Waals surface area contributed by atoms with Crippen molar-refractivity contribution >= 4 is 29.1 Å². The number of rotatable bonds is 2. The first-order valence-corrected chi connectivity index (χ1v) is 9.68. The van der Waals surface area contributed by atoms with Gasteiger partial charge in [-0.1, -0.05) is 48.0 Å². The Labute approximate surface area is 163 Å². The van der Waals surface area contributed by atoms with Gasteiger partial charge >= 0.3 is 0 Å². The number of hydrogen-bond acceptors (Lipinski definition) is 4. The monoisotopic (exact) mass is 381 g/mol. The van der Waals surface area contributed by atoms with Gasteiger partial charge < -0.3 is 0 Å². The highest BCUT2D eigenvalue weighted by molar-refractivity contribution is 6.32. The Morgan fingerprint density at radius 3 is 2.33 bits per heavy atom. The maximum Gasteiger partial charge on any atom is 0.253 e. The van der Waals surface area contributed by atoms with E-state index in [0.29, 0.717) is 10.7 Å². The zero-order chi connectivity index (χ0) is 18.7. The largest absolute Gasteiger partial charge is 0.274 e. The number of carbonyl (C=O) groups is 2. The van der Waals surface area contributed by atoms with Crippen LogP contribution < -0.4 is 4.90 Å². The van der Waals surface area contributed by atoms with Crippen molar-refractivity contribution in [1.82, 2.24) is 10.0 Å². The lowest BCUT2D eigenvalue weighted by Crippen LogP contribution is -2.44. The maximum absolute atomic E-state index is 13.4. The lowest BCUT2D eigenvalue weighted by molar-refractivity contribution is -0.126. The average Bonchev–Trinajstić information content (AvgIpc) is 3.31. The fourth-order valence-corrected chi connectivity index (χ4v) is 4.91. The Hall–Kier alpha value is -2.21. The van der Waals surface area contributed by atoms with Crippen LogP contribution in [0, 0.1) is 12.8 Å². The van der Waals surface area contributed by atoms with E-state index in [1.807, 2.05) is 43.3 Å². The molecule has 3 saturated heterocycles. The lowest BCUT2D eigenvalue weighted by atomic mass is 9.90. The van der Waals surface area contributed by atoms with E-state index in [-0.39, 0.29) is 23.8 Å². The van der Waals surface area contributed by atoms with Crippen LogP contribution >= 0.6 is 11.6 Å². The normalized spacial score (nSPS) is 28.1. The number of hydrogen-bond donors (Lipinski definition) is 0. The van der Waals surface area contributed by atoms with Crippen LogP contribution in [0.5, 0.6) is 0 Å². The summed E-state index contributed by atoms with van der Waals surface area (Å²) in [6, 6.07) is 14.9. The van der Waals surface area contributed by atoms with Crippen molar-refractivity contribution in [3.63, 3.8) is 0 Å². The van der Waals surface area contributed by atoms with Crippen molar-refractivity contribution in [1.29, 1.82) is 0 Å². The van der Waals surface area contributed by atoms with Gasteiger partial charge in [0.2, 0.25) is 5.91 Å². The molecule has 0 radical (unpaired) electrons. The van der Waals surface area contributed by atoms with Gasteiger partial charge in [0.15, 0.2) is 0 Å². The van der Waals surface area contributed by atoms with Crippen LogP contribution in [-0.2, 0) is 9.59 Å². The van der Waals surface area contributed by atoms with E-state index in [4.69, 9.17) is 11.6 Å². The zero-order valence-electron chi connectivity index (χ0n) is 15.0. The summed E-state index contributed by atoms with van der Waals surface area (Å²) < 4.78 is 0. The molecule has 5 rings (SSSR count). The second-order valence-corrected chi connectivity index (χ2v) is 7.86. The molecule has 2 aromatic rings. The lowest BCUT2D eigenvalue weighted by Gasteiger charge is -2.29. The Bertz CT molecular complexity index is 932. The van der Waals surface area contributed by atoms with Crippen LogP contribution in [0.1, 0.15) is 23.6 Å². The highest BCUT2D eigenvalue weighted by atomic mass is 35.5. The predicted octanol–water partition coefficient (Wildman–Crippen LogP) is 3.18. The number of imide groups is 1. The molecule has 3 aliphatic heterocycles. The first-order valence-electron chi connectivity index (χ1n) is 9.30. The molecular weight excluding hydrogens is 362 g/mol. The summed E-state index contributed by atoms with van der Waals surface area (Å²) in [5, 5.41) is 4.89. The summed E-state index contributed by atoms with van der Waals surface area (Å²) in [6.45, 7) is 3.59. The van der Waals surface area contributed by atoms with Crippen molar-refractivity contribution < 1.29 is 9.59 Å². The second-order valence-electron chi connectivity index (χ2n) is 7.45. The number of fused-ring (bicyclic) bond motifs is 3. The zero-order valence-corrected chi connectivity index (χ0v) is 15.8. The van der Waals surface area contributed by atoms with Crippen molar-refractivity contribution in [2.75, 3.05) is 18.0 Å². The SMILES string of the molecule is Cc1ccc(N2C(=O)C3C(C2=O)N2CCCN2C3c2ccccc2)cc1Cl. The van der Waals surface area contributed by atoms with E-state index in [1.54, 1.807) is 12.1 Å². The molecule has 3 aliphatic rings. The molecule has 2 amide bonds. The summed E-state index contributed by atoms with van der Waals surface area (Å²) in [5.41, 5.74) is 2.57. The molecule has 138 valence electrons. The minimum atomic E-state index is -0.426. The number of anilines is 1. The van der Waals surface area contributed by atoms with Crippen LogP contribution in [0.25, 0.3) is 0 Å². The molecule has 3 fully saturated rings. The predicted molar refractivity (Wildman–Crippen MR) is 103 cm³/mol. The number of amides is 2. The number of halogens is 1. The third-order valence-corrected chi connectivity index (χ3v) is 6.37. The molecule has 0 spiro atoms. The third-order valence-electron chi connectivity index (χ3n) is 5.96. The Kier molecular flexibility index (Phi) is 3.86. The van der Waals surface area contributed by atoms with E-state index in [1.165, 1.54) is 4.90 Å². The van der Waals surface area contributed by atoms with Crippen LogP contribution in [0.4, 0.5) is 5.69 Å². The van der Waals surface area contributed by atoms with E-state index in [9.17, 15) is 9.59 Å². The second kappa shape index (κ2) is 6.16. The topological polar surface area (TPSA) is 43.9 Å². The highest BCUT2D eigenvalue weighted by Gasteiger charge is 2.62. The van der Waals surface area contributed by atoms with Gasteiger partial charge in [-0.2, -0.15) is 0 Å². The molecule has 6 heteroatoms. The third kappa shape index (κ3) is 2.39. The van der Waals surface area contributed by atoms with Crippen molar-refractivity contribution in [3.8, 4) is 0 Å². The van der Waals surface area contributed by atoms with Crippen LogP contribution in [-0.4, -0.2) is 41.0 Å². The van der Waals surface area contributed by atoms with Crippen molar-refractivity contribution in [3.05, 3.63) is 64.7 Å². The summed E-state index contributed by atoms with van der Waals surface area (Å²) in [4.78, 5) is 28.1. The number of nitrogens with zero attached hydrogens (tertiary/aromatic N) is 3. The van der Waals surface area contributed by atoms with Crippen molar-refractivity contribution in [2.45, 2.75) is 25.4 Å². The quantitative estimate of drug-likeness (QED) is 0.749. The molecule has 0 bridgehead atoms. The minimum absolute atomic E-state index is 0.0962. The van der Waals surface area contributed by atoms with Gasteiger partial charge in [-0.05, 0) is 36.6 Å². The standard InChI is InChI=1S/C21H20ClN3O2/c1-13-8-9-15(12-16(13)22)25-20(26)17-18(14-6-3-2-4-7-14)23-10-5-11-24(23)19(17)21(25)27/h2-4,6-9,12,17-19H,5,10-11H2,1H3. The molecule has 0 saturated carbocycles. The van der Waals surface area contributed by atoms with Gasteiger partial charge in [-0.15, -0.1) is 0 Å². The number of carbonyl (C=O) groups excluding carboxylic acids is 2. The van der Waals surface area contributed by atoms with Gasteiger partial charge in [-0.3, -0.25) is 9.59 Å². The number of aryl methyl sites for hydroxylation is 1. The first kappa shape index (κ1) is 16.9. The van der Waals surface area contributed by atoms with E-state index < -0.39 is 6.04 Å². The molecule has 5 nitrogen and oxygen atoms in total. The molecule has 3 heterocycles. The minimum Gasteiger partial charge on any atom is -0.274 e. The fourth-order valence-electron chi connectivity index (χ4n) is 4.74. The molecule has 2 aromatic carbocycles. The summed E-state index contributed by atoms with van der Waals surface area (Å²) >= 11 is 6.25. The van der Waals surface area contributed by atoms with Gasteiger partial charge in [-0.25, -0.2) is 14.9 Å². The summed E-state index contributed by atoms with van der Waals surface area (Å²) in [6.07, 6.45) is 1.00. The average molecular weight is 382 g/mol. The Morgan fingerprint density at radius 1 is 0.926 bits per heavy atom. The highest BCUT2D eigenvalue weighted by Crippen LogP contribution is 2.49. The summed E-state index contributed by atoms with van der Waals surface area (Å²) in [7, 11) is 0. The van der Waals surface area contributed by atoms with E-state index in [2.05, 4.69) is 10.0 Å². The maximum atomic E-state index is 13.4. The van der Waals surface area contributed by atoms with Gasteiger partial charge in [0.1, 0.15) is 6.04 Å². The number of benzene rings is 2. The smallest absolute Gasteiger partial charge is 0.253 e.